The third-order valence-electron chi connectivity index (χ3n) is 2.31. The molecule has 1 heterocycles. The Kier molecular flexibility index (Phi) is 3.81. The molecule has 4 nitrogen and oxygen atoms in total. The first-order chi connectivity index (χ1) is 8.10. The van der Waals surface area contributed by atoms with E-state index in [1.807, 2.05) is 13.0 Å². The van der Waals surface area contributed by atoms with Gasteiger partial charge in [0, 0.05) is 15.1 Å². The molecule has 0 aliphatic carbocycles. The van der Waals surface area contributed by atoms with Crippen LogP contribution in [0.15, 0.2) is 27.1 Å². The highest BCUT2D eigenvalue weighted by Gasteiger charge is 2.14. The van der Waals surface area contributed by atoms with Crippen molar-refractivity contribution < 1.29 is 4.42 Å². The van der Waals surface area contributed by atoms with Crippen LogP contribution in [0.25, 0.3) is 11.5 Å². The fourth-order valence-corrected chi connectivity index (χ4v) is 2.21. The van der Waals surface area contributed by atoms with E-state index in [0.717, 1.165) is 16.5 Å². The van der Waals surface area contributed by atoms with E-state index in [4.69, 9.17) is 21.8 Å². The highest BCUT2D eigenvalue weighted by atomic mass is 79.9. The molecule has 0 radical (unpaired) electrons. The Hall–Kier alpha value is -0.910. The van der Waals surface area contributed by atoms with E-state index in [9.17, 15) is 0 Å². The normalized spacial score (nSPS) is 12.7. The molecule has 17 heavy (non-hydrogen) atoms. The molecule has 0 amide bonds. The Labute approximate surface area is 112 Å². The van der Waals surface area contributed by atoms with E-state index in [2.05, 4.69) is 26.1 Å². The smallest absolute Gasteiger partial charge is 0.247 e. The van der Waals surface area contributed by atoms with Crippen LogP contribution in [0.4, 0.5) is 0 Å². The Morgan fingerprint density at radius 2 is 2.18 bits per heavy atom. The Morgan fingerprint density at radius 3 is 2.82 bits per heavy atom. The van der Waals surface area contributed by atoms with Crippen molar-refractivity contribution in [1.29, 1.82) is 0 Å². The van der Waals surface area contributed by atoms with Crippen LogP contribution in [0.5, 0.6) is 0 Å². The average molecular weight is 317 g/mol. The molecule has 0 fully saturated rings. The number of halogens is 2. The number of hydrogen-bond acceptors (Lipinski definition) is 4. The summed E-state index contributed by atoms with van der Waals surface area (Å²) in [6, 6.07) is 5.20. The SMILES string of the molecule is CCC(N)c1nnc(-c2cc(Cl)cc(Br)c2)o1. The predicted octanol–water partition coefficient (Wildman–Crippen LogP) is 3.56. The number of benzene rings is 1. The standard InChI is InChI=1S/C11H11BrClN3O/c1-2-9(14)11-16-15-10(17-11)6-3-7(12)5-8(13)4-6/h3-5,9H,2,14H2,1H3. The summed E-state index contributed by atoms with van der Waals surface area (Å²) in [4.78, 5) is 0. The van der Waals surface area contributed by atoms with Crippen LogP contribution in [0.3, 0.4) is 0 Å². The van der Waals surface area contributed by atoms with Gasteiger partial charge in [-0.3, -0.25) is 0 Å². The lowest BCUT2D eigenvalue weighted by Gasteiger charge is -2.01. The van der Waals surface area contributed by atoms with Gasteiger partial charge in [-0.15, -0.1) is 10.2 Å². The number of nitrogens with zero attached hydrogens (tertiary/aromatic N) is 2. The molecule has 0 spiro atoms. The van der Waals surface area contributed by atoms with Gasteiger partial charge in [-0.25, -0.2) is 0 Å². The van der Waals surface area contributed by atoms with Crippen molar-refractivity contribution in [1.82, 2.24) is 10.2 Å². The van der Waals surface area contributed by atoms with Gasteiger partial charge in [-0.2, -0.15) is 0 Å². The minimum absolute atomic E-state index is 0.223. The van der Waals surface area contributed by atoms with E-state index in [1.54, 1.807) is 12.1 Å². The number of nitrogens with two attached hydrogens (primary N) is 1. The molecule has 6 heteroatoms. The van der Waals surface area contributed by atoms with E-state index in [0.29, 0.717) is 16.8 Å². The second-order valence-electron chi connectivity index (χ2n) is 3.62. The predicted molar refractivity (Wildman–Crippen MR) is 69.7 cm³/mol. The second kappa shape index (κ2) is 5.16. The number of rotatable bonds is 3. The maximum absolute atomic E-state index is 5.95. The van der Waals surface area contributed by atoms with Crippen molar-refractivity contribution >= 4 is 27.5 Å². The number of aromatic nitrogens is 2. The van der Waals surface area contributed by atoms with Crippen LogP contribution in [0, 0.1) is 0 Å². The van der Waals surface area contributed by atoms with Crippen molar-refractivity contribution in [3.05, 3.63) is 33.6 Å². The van der Waals surface area contributed by atoms with Gasteiger partial charge in [0.2, 0.25) is 11.8 Å². The highest BCUT2D eigenvalue weighted by molar-refractivity contribution is 9.10. The molecule has 2 rings (SSSR count). The summed E-state index contributed by atoms with van der Waals surface area (Å²) in [6.07, 6.45) is 0.751. The summed E-state index contributed by atoms with van der Waals surface area (Å²) in [7, 11) is 0. The van der Waals surface area contributed by atoms with Crippen LogP contribution in [0.2, 0.25) is 5.02 Å². The van der Waals surface area contributed by atoms with E-state index < -0.39 is 0 Å². The fourth-order valence-electron chi connectivity index (χ4n) is 1.35. The zero-order chi connectivity index (χ0) is 12.4. The van der Waals surface area contributed by atoms with Gasteiger partial charge < -0.3 is 10.2 Å². The minimum atomic E-state index is -0.223. The first-order valence-corrected chi connectivity index (χ1v) is 6.32. The lowest BCUT2D eigenvalue weighted by Crippen LogP contribution is -2.08. The van der Waals surface area contributed by atoms with E-state index >= 15 is 0 Å². The maximum Gasteiger partial charge on any atom is 0.247 e. The molecule has 1 aromatic heterocycles. The summed E-state index contributed by atoms with van der Waals surface area (Å²) < 4.78 is 6.37. The van der Waals surface area contributed by atoms with Gasteiger partial charge in [0.1, 0.15) is 0 Å². The van der Waals surface area contributed by atoms with Gasteiger partial charge in [-0.1, -0.05) is 34.5 Å². The molecular weight excluding hydrogens is 305 g/mol. The molecular formula is C11H11BrClN3O. The third kappa shape index (κ3) is 2.86. The molecule has 0 aliphatic rings. The quantitative estimate of drug-likeness (QED) is 0.940. The molecule has 1 atom stereocenters. The van der Waals surface area contributed by atoms with Gasteiger partial charge in [0.15, 0.2) is 0 Å². The Morgan fingerprint density at radius 1 is 1.41 bits per heavy atom. The monoisotopic (exact) mass is 315 g/mol. The minimum Gasteiger partial charge on any atom is -0.419 e. The summed E-state index contributed by atoms with van der Waals surface area (Å²) in [5.41, 5.74) is 6.58. The van der Waals surface area contributed by atoms with Crippen molar-refractivity contribution in [2.75, 3.05) is 0 Å². The third-order valence-corrected chi connectivity index (χ3v) is 2.98. The van der Waals surface area contributed by atoms with Crippen molar-refractivity contribution in [2.24, 2.45) is 5.73 Å². The molecule has 0 bridgehead atoms. The highest BCUT2D eigenvalue weighted by Crippen LogP contribution is 2.27. The summed E-state index contributed by atoms with van der Waals surface area (Å²) in [5, 5.41) is 8.49. The Balaban J connectivity index is 2.36. The summed E-state index contributed by atoms with van der Waals surface area (Å²) in [5.74, 6) is 0.866. The van der Waals surface area contributed by atoms with Crippen LogP contribution in [-0.2, 0) is 0 Å². The maximum atomic E-state index is 5.95. The lowest BCUT2D eigenvalue weighted by molar-refractivity contribution is 0.452. The molecule has 2 aromatic rings. The van der Waals surface area contributed by atoms with Gasteiger partial charge in [0.05, 0.1) is 6.04 Å². The Bertz CT molecular complexity index is 509. The molecule has 1 unspecified atom stereocenters. The first-order valence-electron chi connectivity index (χ1n) is 5.15. The van der Waals surface area contributed by atoms with Crippen LogP contribution >= 0.6 is 27.5 Å². The van der Waals surface area contributed by atoms with E-state index in [1.165, 1.54) is 0 Å². The van der Waals surface area contributed by atoms with Crippen LogP contribution in [-0.4, -0.2) is 10.2 Å². The zero-order valence-electron chi connectivity index (χ0n) is 9.15. The van der Waals surface area contributed by atoms with E-state index in [-0.39, 0.29) is 6.04 Å². The van der Waals surface area contributed by atoms with Gasteiger partial charge in [0.25, 0.3) is 0 Å². The van der Waals surface area contributed by atoms with Gasteiger partial charge in [-0.05, 0) is 24.6 Å². The molecule has 0 aliphatic heterocycles. The molecule has 1 aromatic carbocycles. The molecule has 2 N–H and O–H groups in total. The second-order valence-corrected chi connectivity index (χ2v) is 4.97. The summed E-state index contributed by atoms with van der Waals surface area (Å²) >= 11 is 9.31. The van der Waals surface area contributed by atoms with Crippen molar-refractivity contribution in [2.45, 2.75) is 19.4 Å². The van der Waals surface area contributed by atoms with Crippen molar-refractivity contribution in [3.63, 3.8) is 0 Å². The fraction of sp³-hybridized carbons (Fsp3) is 0.273. The first kappa shape index (κ1) is 12.5. The molecule has 90 valence electrons. The van der Waals surface area contributed by atoms with Gasteiger partial charge >= 0.3 is 0 Å². The van der Waals surface area contributed by atoms with Crippen LogP contribution < -0.4 is 5.73 Å². The van der Waals surface area contributed by atoms with Crippen LogP contribution in [0.1, 0.15) is 25.3 Å². The average Bonchev–Trinajstić information content (AvgIpc) is 2.76. The topological polar surface area (TPSA) is 64.9 Å². The lowest BCUT2D eigenvalue weighted by atomic mass is 10.2. The summed E-state index contributed by atoms with van der Waals surface area (Å²) in [6.45, 7) is 1.96. The van der Waals surface area contributed by atoms with Crippen molar-refractivity contribution in [3.8, 4) is 11.5 Å². The largest absolute Gasteiger partial charge is 0.419 e. The number of hydrogen-bond donors (Lipinski definition) is 1. The zero-order valence-corrected chi connectivity index (χ0v) is 11.5. The molecule has 0 saturated heterocycles. The molecule has 0 saturated carbocycles.